The van der Waals surface area contributed by atoms with Gasteiger partial charge in [-0.1, -0.05) is 11.6 Å². The normalized spacial score (nSPS) is 16.8. The Hall–Kier alpha value is -1.22. The Morgan fingerprint density at radius 1 is 1.56 bits per heavy atom. The molecule has 1 aliphatic carbocycles. The maximum atomic E-state index is 13.9. The van der Waals surface area contributed by atoms with Gasteiger partial charge in [-0.3, -0.25) is 0 Å². The van der Waals surface area contributed by atoms with Gasteiger partial charge in [0.15, 0.2) is 0 Å². The van der Waals surface area contributed by atoms with Crippen LogP contribution in [0.3, 0.4) is 0 Å². The van der Waals surface area contributed by atoms with Crippen LogP contribution in [-0.4, -0.2) is 13.2 Å². The molecule has 1 aromatic carbocycles. The lowest BCUT2D eigenvalue weighted by Gasteiger charge is -2.37. The molecule has 0 atom stereocenters. The highest BCUT2D eigenvalue weighted by atomic mass is 35.5. The summed E-state index contributed by atoms with van der Waals surface area (Å²) in [5.74, 6) is -0.424. The highest BCUT2D eigenvalue weighted by Gasteiger charge is 2.39. The molecule has 0 spiro atoms. The van der Waals surface area contributed by atoms with Gasteiger partial charge >= 0.3 is 0 Å². The molecule has 1 aliphatic rings. The van der Waals surface area contributed by atoms with E-state index in [-0.39, 0.29) is 6.61 Å². The first-order valence-corrected chi connectivity index (χ1v) is 6.07. The molecule has 0 bridgehead atoms. The van der Waals surface area contributed by atoms with Crippen LogP contribution in [0.2, 0.25) is 5.02 Å². The van der Waals surface area contributed by atoms with Crippen molar-refractivity contribution in [3.8, 4) is 0 Å². The Morgan fingerprint density at radius 2 is 2.28 bits per heavy atom. The van der Waals surface area contributed by atoms with Crippen molar-refractivity contribution in [2.45, 2.75) is 31.4 Å². The second-order valence-corrected chi connectivity index (χ2v) is 4.85. The largest absolute Gasteiger partial charge is 0.380 e. The van der Waals surface area contributed by atoms with Gasteiger partial charge in [0.25, 0.3) is 0 Å². The summed E-state index contributed by atoms with van der Waals surface area (Å²) in [5.41, 5.74) is 0.338. The van der Waals surface area contributed by atoms with Crippen molar-refractivity contribution < 1.29 is 13.9 Å². The number of benzene rings is 1. The average Bonchev–Trinajstić information content (AvgIpc) is 2.28. The molecule has 0 saturated heterocycles. The fraction of sp³-hybridized carbons (Fsp3) is 0.462. The van der Waals surface area contributed by atoms with E-state index in [1.54, 1.807) is 12.1 Å². The number of rotatable bonds is 4. The van der Waals surface area contributed by atoms with Crippen LogP contribution >= 0.6 is 11.6 Å². The first-order valence-electron chi connectivity index (χ1n) is 5.69. The zero-order valence-electron chi connectivity index (χ0n) is 10.0. The molecule has 0 aliphatic heterocycles. The van der Waals surface area contributed by atoms with Gasteiger partial charge in [-0.2, -0.15) is 4.99 Å². The van der Waals surface area contributed by atoms with Gasteiger partial charge in [-0.15, -0.1) is 0 Å². The lowest BCUT2D eigenvalue weighted by Crippen LogP contribution is -2.32. The highest BCUT2D eigenvalue weighted by Crippen LogP contribution is 2.45. The second-order valence-electron chi connectivity index (χ2n) is 4.44. The van der Waals surface area contributed by atoms with E-state index in [2.05, 4.69) is 4.99 Å². The summed E-state index contributed by atoms with van der Waals surface area (Å²) in [7, 11) is 1.48. The van der Waals surface area contributed by atoms with E-state index < -0.39 is 11.4 Å². The Kier molecular flexibility index (Phi) is 3.81. The van der Waals surface area contributed by atoms with Crippen LogP contribution in [0.4, 0.5) is 4.39 Å². The van der Waals surface area contributed by atoms with E-state index in [4.69, 9.17) is 16.3 Å². The molecule has 2 rings (SSSR count). The molecular formula is C13H13ClFNO2. The van der Waals surface area contributed by atoms with Crippen molar-refractivity contribution in [1.29, 1.82) is 0 Å². The molecular weight excluding hydrogens is 257 g/mol. The van der Waals surface area contributed by atoms with Gasteiger partial charge in [0.05, 0.1) is 12.1 Å². The van der Waals surface area contributed by atoms with E-state index in [9.17, 15) is 9.18 Å². The zero-order valence-corrected chi connectivity index (χ0v) is 10.8. The minimum absolute atomic E-state index is 0.120. The predicted octanol–water partition coefficient (Wildman–Crippen LogP) is 3.34. The summed E-state index contributed by atoms with van der Waals surface area (Å²) in [6.45, 7) is 0.120. The van der Waals surface area contributed by atoms with Gasteiger partial charge in [0.2, 0.25) is 6.08 Å². The monoisotopic (exact) mass is 269 g/mol. The first-order chi connectivity index (χ1) is 8.63. The summed E-state index contributed by atoms with van der Waals surface area (Å²) in [4.78, 5) is 14.3. The fourth-order valence-corrected chi connectivity index (χ4v) is 2.48. The third-order valence-electron chi connectivity index (χ3n) is 3.41. The first kappa shape index (κ1) is 13.2. The van der Waals surface area contributed by atoms with Crippen molar-refractivity contribution in [3.05, 3.63) is 34.1 Å². The minimum Gasteiger partial charge on any atom is -0.380 e. The van der Waals surface area contributed by atoms with E-state index in [0.29, 0.717) is 16.1 Å². The summed E-state index contributed by atoms with van der Waals surface area (Å²) >= 11 is 6.04. The van der Waals surface area contributed by atoms with Crippen LogP contribution in [0.1, 0.15) is 30.4 Å². The number of methoxy groups -OCH3 is 1. The number of hydrogen-bond donors (Lipinski definition) is 0. The Morgan fingerprint density at radius 3 is 2.72 bits per heavy atom. The number of hydrogen-bond acceptors (Lipinski definition) is 3. The van der Waals surface area contributed by atoms with Gasteiger partial charge in [-0.25, -0.2) is 9.18 Å². The maximum absolute atomic E-state index is 13.9. The van der Waals surface area contributed by atoms with Crippen LogP contribution in [0.25, 0.3) is 0 Å². The van der Waals surface area contributed by atoms with E-state index in [1.165, 1.54) is 13.2 Å². The van der Waals surface area contributed by atoms with Crippen molar-refractivity contribution in [1.82, 2.24) is 0 Å². The van der Waals surface area contributed by atoms with Crippen molar-refractivity contribution >= 4 is 17.7 Å². The van der Waals surface area contributed by atoms with Crippen molar-refractivity contribution in [2.75, 3.05) is 7.11 Å². The summed E-state index contributed by atoms with van der Waals surface area (Å²) in [6.07, 6.45) is 3.98. The van der Waals surface area contributed by atoms with Crippen molar-refractivity contribution in [2.24, 2.45) is 4.99 Å². The van der Waals surface area contributed by atoms with Crippen LogP contribution in [0, 0.1) is 5.82 Å². The number of halogens is 2. The number of nitrogens with zero attached hydrogens (tertiary/aromatic N) is 1. The average molecular weight is 270 g/mol. The second kappa shape index (κ2) is 5.19. The smallest absolute Gasteiger partial charge is 0.235 e. The van der Waals surface area contributed by atoms with E-state index >= 15 is 0 Å². The predicted molar refractivity (Wildman–Crippen MR) is 65.8 cm³/mol. The van der Waals surface area contributed by atoms with Crippen LogP contribution in [-0.2, 0) is 21.7 Å². The standard InChI is InChI=1S/C13H13ClFNO2/c1-18-7-10-11(14)5-9(6-12(10)15)13(16-8-17)3-2-4-13/h5-6H,2-4,7H2,1H3. The zero-order chi connectivity index (χ0) is 13.2. The molecule has 1 fully saturated rings. The summed E-state index contributed by atoms with van der Waals surface area (Å²) in [5, 5.41) is 0.305. The van der Waals surface area contributed by atoms with Gasteiger partial charge < -0.3 is 4.74 Å². The maximum Gasteiger partial charge on any atom is 0.235 e. The number of isocyanates is 1. The molecule has 96 valence electrons. The SMILES string of the molecule is COCc1c(F)cc(C2(N=C=O)CCC2)cc1Cl. The highest BCUT2D eigenvalue weighted by molar-refractivity contribution is 6.31. The fourth-order valence-electron chi connectivity index (χ4n) is 2.22. The van der Waals surface area contributed by atoms with E-state index in [1.807, 2.05) is 0 Å². The molecule has 0 amide bonds. The third kappa shape index (κ3) is 2.19. The number of aliphatic imine (C=N–C) groups is 1. The van der Waals surface area contributed by atoms with Gasteiger partial charge in [0.1, 0.15) is 5.82 Å². The summed E-state index contributed by atoms with van der Waals surface area (Å²) < 4.78 is 18.8. The van der Waals surface area contributed by atoms with Gasteiger partial charge in [-0.05, 0) is 37.0 Å². The van der Waals surface area contributed by atoms with Crippen LogP contribution in [0.5, 0.6) is 0 Å². The Bertz CT molecular complexity index is 485. The molecule has 3 nitrogen and oxygen atoms in total. The Balaban J connectivity index is 2.44. The molecule has 0 aromatic heterocycles. The molecule has 0 heterocycles. The molecule has 5 heteroatoms. The third-order valence-corrected chi connectivity index (χ3v) is 3.74. The number of ether oxygens (including phenoxy) is 1. The quantitative estimate of drug-likeness (QED) is 0.621. The molecule has 0 radical (unpaired) electrons. The topological polar surface area (TPSA) is 38.7 Å². The van der Waals surface area contributed by atoms with Crippen molar-refractivity contribution in [3.63, 3.8) is 0 Å². The van der Waals surface area contributed by atoms with E-state index in [0.717, 1.165) is 19.3 Å². The molecule has 18 heavy (non-hydrogen) atoms. The molecule has 1 aromatic rings. The lowest BCUT2D eigenvalue weighted by atomic mass is 9.72. The van der Waals surface area contributed by atoms with Crippen LogP contribution in [0.15, 0.2) is 17.1 Å². The minimum atomic E-state index is -0.627. The molecule has 0 unspecified atom stereocenters. The Labute approximate surface area is 110 Å². The molecule has 0 N–H and O–H groups in total. The molecule has 1 saturated carbocycles. The number of carbonyl (C=O) groups excluding carboxylic acids is 1. The van der Waals surface area contributed by atoms with Crippen LogP contribution < -0.4 is 0 Å². The lowest BCUT2D eigenvalue weighted by molar-refractivity contribution is 0.181. The van der Waals surface area contributed by atoms with Gasteiger partial charge in [0, 0.05) is 17.7 Å². The summed E-state index contributed by atoms with van der Waals surface area (Å²) in [6, 6.07) is 3.05.